The normalized spacial score (nSPS) is 11.8. The maximum Gasteiger partial charge on any atom is 0.303 e. The lowest BCUT2D eigenvalue weighted by Crippen LogP contribution is -2.32. The fourth-order valence-electron chi connectivity index (χ4n) is 1.79. The lowest BCUT2D eigenvalue weighted by atomic mass is 10.1. The van der Waals surface area contributed by atoms with Gasteiger partial charge in [0.25, 0.3) is 5.91 Å². The molecule has 0 aliphatic heterocycles. The van der Waals surface area contributed by atoms with Crippen LogP contribution in [0, 0.1) is 0 Å². The molecule has 0 bridgehead atoms. The van der Waals surface area contributed by atoms with Crippen molar-refractivity contribution in [2.45, 2.75) is 32.2 Å². The summed E-state index contributed by atoms with van der Waals surface area (Å²) in [6.07, 6.45) is 1.23. The topological polar surface area (TPSA) is 75.6 Å². The standard InChI is InChI=1S/C14H18ClNO4/c1-9(4-3-5-13(17)18)16-14(19)11-7-6-10(15)8-12(11)20-2/h6-9H,3-5H2,1-2H3,(H,16,19)(H,17,18). The van der Waals surface area contributed by atoms with Crippen LogP contribution in [0.5, 0.6) is 5.75 Å². The third-order valence-corrected chi connectivity index (χ3v) is 3.05. The first kappa shape index (κ1) is 16.3. The van der Waals surface area contributed by atoms with E-state index >= 15 is 0 Å². The lowest BCUT2D eigenvalue weighted by molar-refractivity contribution is -0.137. The number of ether oxygens (including phenoxy) is 1. The molecule has 1 amide bonds. The molecule has 6 heteroatoms. The highest BCUT2D eigenvalue weighted by Gasteiger charge is 2.15. The second kappa shape index (κ2) is 7.75. The number of carbonyl (C=O) groups is 2. The Morgan fingerprint density at radius 3 is 2.75 bits per heavy atom. The summed E-state index contributed by atoms with van der Waals surface area (Å²) in [4.78, 5) is 22.5. The van der Waals surface area contributed by atoms with Gasteiger partial charge in [-0.05, 0) is 38.0 Å². The van der Waals surface area contributed by atoms with Gasteiger partial charge >= 0.3 is 5.97 Å². The average Bonchev–Trinajstić information content (AvgIpc) is 2.37. The Morgan fingerprint density at radius 2 is 2.15 bits per heavy atom. The Kier molecular flexibility index (Phi) is 6.31. The van der Waals surface area contributed by atoms with Crippen LogP contribution < -0.4 is 10.1 Å². The van der Waals surface area contributed by atoms with Crippen molar-refractivity contribution in [1.82, 2.24) is 5.32 Å². The molecule has 0 aromatic heterocycles. The molecule has 1 aromatic rings. The number of nitrogens with one attached hydrogen (secondary N) is 1. The highest BCUT2D eigenvalue weighted by molar-refractivity contribution is 6.30. The van der Waals surface area contributed by atoms with Crippen molar-refractivity contribution in [2.75, 3.05) is 7.11 Å². The fourth-order valence-corrected chi connectivity index (χ4v) is 1.95. The molecule has 1 atom stereocenters. The van der Waals surface area contributed by atoms with Crippen LogP contribution in [0.1, 0.15) is 36.5 Å². The first-order valence-electron chi connectivity index (χ1n) is 6.30. The monoisotopic (exact) mass is 299 g/mol. The first-order chi connectivity index (χ1) is 9.43. The smallest absolute Gasteiger partial charge is 0.303 e. The second-order valence-electron chi connectivity index (χ2n) is 4.51. The van der Waals surface area contributed by atoms with E-state index in [4.69, 9.17) is 21.4 Å². The van der Waals surface area contributed by atoms with Crippen molar-refractivity contribution in [3.8, 4) is 5.75 Å². The number of carboxylic acids is 1. The average molecular weight is 300 g/mol. The van der Waals surface area contributed by atoms with Gasteiger partial charge in [-0.25, -0.2) is 0 Å². The first-order valence-corrected chi connectivity index (χ1v) is 6.68. The zero-order chi connectivity index (χ0) is 15.1. The van der Waals surface area contributed by atoms with E-state index in [1.165, 1.54) is 7.11 Å². The number of rotatable bonds is 7. The quantitative estimate of drug-likeness (QED) is 0.811. The number of carbonyl (C=O) groups excluding carboxylic acids is 1. The van der Waals surface area contributed by atoms with E-state index < -0.39 is 5.97 Å². The lowest BCUT2D eigenvalue weighted by Gasteiger charge is -2.15. The minimum atomic E-state index is -0.831. The van der Waals surface area contributed by atoms with Crippen molar-refractivity contribution in [3.05, 3.63) is 28.8 Å². The van der Waals surface area contributed by atoms with Gasteiger partial charge in [-0.2, -0.15) is 0 Å². The van der Waals surface area contributed by atoms with Gasteiger partial charge in [0.2, 0.25) is 0 Å². The number of methoxy groups -OCH3 is 1. The van der Waals surface area contributed by atoms with E-state index in [9.17, 15) is 9.59 Å². The van der Waals surface area contributed by atoms with Crippen LogP contribution in [0.2, 0.25) is 5.02 Å². The van der Waals surface area contributed by atoms with E-state index in [1.54, 1.807) is 18.2 Å². The highest BCUT2D eigenvalue weighted by atomic mass is 35.5. The number of carboxylic acid groups (broad SMARTS) is 1. The number of halogens is 1. The molecule has 0 aliphatic rings. The van der Waals surface area contributed by atoms with Crippen molar-refractivity contribution in [2.24, 2.45) is 0 Å². The van der Waals surface area contributed by atoms with Crippen LogP contribution in [0.3, 0.4) is 0 Å². The van der Waals surface area contributed by atoms with Crippen LogP contribution in [0.15, 0.2) is 18.2 Å². The Bertz CT molecular complexity index is 490. The van der Waals surface area contributed by atoms with Crippen LogP contribution in [-0.4, -0.2) is 30.1 Å². The maximum atomic E-state index is 12.1. The molecule has 0 saturated heterocycles. The molecule has 0 aliphatic carbocycles. The second-order valence-corrected chi connectivity index (χ2v) is 4.94. The minimum Gasteiger partial charge on any atom is -0.496 e. The Balaban J connectivity index is 2.60. The van der Waals surface area contributed by atoms with Crippen LogP contribution in [-0.2, 0) is 4.79 Å². The highest BCUT2D eigenvalue weighted by Crippen LogP contribution is 2.23. The van der Waals surface area contributed by atoms with E-state index in [2.05, 4.69) is 5.32 Å². The molecule has 1 unspecified atom stereocenters. The van der Waals surface area contributed by atoms with E-state index in [1.807, 2.05) is 6.92 Å². The van der Waals surface area contributed by atoms with Gasteiger partial charge in [-0.3, -0.25) is 9.59 Å². The molecule has 0 heterocycles. The number of amides is 1. The predicted molar refractivity (Wildman–Crippen MR) is 76.4 cm³/mol. The van der Waals surface area contributed by atoms with E-state index in [-0.39, 0.29) is 18.4 Å². The molecule has 0 fully saturated rings. The molecular weight excluding hydrogens is 282 g/mol. The summed E-state index contributed by atoms with van der Waals surface area (Å²) in [5.74, 6) is -0.683. The number of hydrogen-bond donors (Lipinski definition) is 2. The van der Waals surface area contributed by atoms with Gasteiger partial charge in [0.05, 0.1) is 12.7 Å². The SMILES string of the molecule is COc1cc(Cl)ccc1C(=O)NC(C)CCCC(=O)O. The Morgan fingerprint density at radius 1 is 1.45 bits per heavy atom. The summed E-state index contributed by atoms with van der Waals surface area (Å²) in [7, 11) is 1.47. The van der Waals surface area contributed by atoms with Crippen molar-refractivity contribution in [1.29, 1.82) is 0 Å². The summed E-state index contributed by atoms with van der Waals surface area (Å²) in [5.41, 5.74) is 0.405. The van der Waals surface area contributed by atoms with E-state index in [0.717, 1.165) is 0 Å². The van der Waals surface area contributed by atoms with Gasteiger partial charge in [-0.15, -0.1) is 0 Å². The van der Waals surface area contributed by atoms with Gasteiger partial charge in [0, 0.05) is 17.5 Å². The molecule has 0 radical (unpaired) electrons. The largest absolute Gasteiger partial charge is 0.496 e. The molecule has 0 saturated carbocycles. The summed E-state index contributed by atoms with van der Waals surface area (Å²) in [6.45, 7) is 1.84. The third-order valence-electron chi connectivity index (χ3n) is 2.81. The van der Waals surface area contributed by atoms with Gasteiger partial charge < -0.3 is 15.2 Å². The summed E-state index contributed by atoms with van der Waals surface area (Å²) < 4.78 is 5.12. The molecule has 0 spiro atoms. The Hall–Kier alpha value is -1.75. The van der Waals surface area contributed by atoms with Crippen LogP contribution >= 0.6 is 11.6 Å². The molecule has 1 aromatic carbocycles. The molecule has 20 heavy (non-hydrogen) atoms. The zero-order valence-electron chi connectivity index (χ0n) is 11.5. The van der Waals surface area contributed by atoms with Crippen LogP contribution in [0.25, 0.3) is 0 Å². The van der Waals surface area contributed by atoms with Crippen molar-refractivity contribution < 1.29 is 19.4 Å². The van der Waals surface area contributed by atoms with Gasteiger partial charge in [0.15, 0.2) is 0 Å². The van der Waals surface area contributed by atoms with Gasteiger partial charge in [-0.1, -0.05) is 11.6 Å². The fraction of sp³-hybridized carbons (Fsp3) is 0.429. The third kappa shape index (κ3) is 5.09. The predicted octanol–water partition coefficient (Wildman–Crippen LogP) is 2.72. The number of benzene rings is 1. The van der Waals surface area contributed by atoms with Crippen molar-refractivity contribution in [3.63, 3.8) is 0 Å². The number of hydrogen-bond acceptors (Lipinski definition) is 3. The summed E-state index contributed by atoms with van der Waals surface area (Å²) in [5, 5.41) is 11.9. The molecule has 1 rings (SSSR count). The Labute approximate surface area is 122 Å². The van der Waals surface area contributed by atoms with Gasteiger partial charge in [0.1, 0.15) is 5.75 Å². The summed E-state index contributed by atoms with van der Waals surface area (Å²) >= 11 is 5.84. The van der Waals surface area contributed by atoms with Crippen molar-refractivity contribution >= 4 is 23.5 Å². The number of aliphatic carboxylic acids is 1. The van der Waals surface area contributed by atoms with E-state index in [0.29, 0.717) is 29.2 Å². The molecule has 5 nitrogen and oxygen atoms in total. The zero-order valence-corrected chi connectivity index (χ0v) is 12.2. The summed E-state index contributed by atoms with van der Waals surface area (Å²) in [6, 6.07) is 4.68. The molecule has 2 N–H and O–H groups in total. The minimum absolute atomic E-state index is 0.102. The molecule has 110 valence electrons. The maximum absolute atomic E-state index is 12.1. The van der Waals surface area contributed by atoms with Crippen LogP contribution in [0.4, 0.5) is 0 Å². The molecular formula is C14H18ClNO4.